The molecule has 1 fully saturated rings. The molecule has 0 atom stereocenters. The van der Waals surface area contributed by atoms with Crippen molar-refractivity contribution in [3.8, 4) is 5.75 Å². The maximum atomic E-state index is 10.8. The third-order valence-corrected chi connectivity index (χ3v) is 3.72. The average molecular weight is 265 g/mol. The zero-order valence-electron chi connectivity index (χ0n) is 11.3. The van der Waals surface area contributed by atoms with Gasteiger partial charge in [0.25, 0.3) is 0 Å². The number of phenols is 1. The highest BCUT2D eigenvalue weighted by atomic mass is 16.7. The first-order valence-corrected chi connectivity index (χ1v) is 5.97. The topological polar surface area (TPSA) is 81.8 Å². The van der Waals surface area contributed by atoms with Crippen LogP contribution in [0, 0.1) is 10.1 Å². The molecule has 102 valence electrons. The smallest absolute Gasteiger partial charge is 0.495 e. The van der Waals surface area contributed by atoms with Crippen molar-refractivity contribution in [2.45, 2.75) is 38.9 Å². The van der Waals surface area contributed by atoms with E-state index in [1.54, 1.807) is 6.07 Å². The molecule has 7 heteroatoms. The summed E-state index contributed by atoms with van der Waals surface area (Å²) in [4.78, 5) is 10.2. The number of nitro benzene ring substituents is 1. The number of nitrogens with zero attached hydrogens (tertiary/aromatic N) is 1. The second-order valence-electron chi connectivity index (χ2n) is 5.59. The van der Waals surface area contributed by atoms with E-state index >= 15 is 0 Å². The first-order valence-electron chi connectivity index (χ1n) is 5.97. The fraction of sp³-hybridized carbons (Fsp3) is 0.500. The van der Waals surface area contributed by atoms with E-state index in [1.807, 2.05) is 27.7 Å². The number of hydrogen-bond donors (Lipinski definition) is 1. The molecule has 1 saturated heterocycles. The van der Waals surface area contributed by atoms with Crippen LogP contribution in [-0.2, 0) is 9.31 Å². The van der Waals surface area contributed by atoms with E-state index in [0.717, 1.165) is 0 Å². The minimum absolute atomic E-state index is 0.354. The molecule has 0 aromatic heterocycles. The lowest BCUT2D eigenvalue weighted by atomic mass is 9.79. The summed E-state index contributed by atoms with van der Waals surface area (Å²) in [5, 5.41) is 20.2. The molecule has 19 heavy (non-hydrogen) atoms. The van der Waals surface area contributed by atoms with Crippen LogP contribution in [0.3, 0.4) is 0 Å². The third-order valence-electron chi connectivity index (χ3n) is 3.72. The summed E-state index contributed by atoms with van der Waals surface area (Å²) in [6, 6.07) is 4.11. The van der Waals surface area contributed by atoms with Crippen molar-refractivity contribution < 1.29 is 19.3 Å². The van der Waals surface area contributed by atoms with Gasteiger partial charge in [-0.15, -0.1) is 0 Å². The SMILES string of the molecule is CC1(C)OB(c2ccc(O)c([N+](=O)[O-])c2)OC1(C)C. The predicted octanol–water partition coefficient (Wildman–Crippen LogP) is 1.60. The first-order chi connectivity index (χ1) is 8.64. The Morgan fingerprint density at radius 1 is 1.21 bits per heavy atom. The van der Waals surface area contributed by atoms with Gasteiger partial charge < -0.3 is 14.4 Å². The van der Waals surface area contributed by atoms with Crippen LogP contribution in [0.4, 0.5) is 5.69 Å². The van der Waals surface area contributed by atoms with Gasteiger partial charge in [0.2, 0.25) is 0 Å². The van der Waals surface area contributed by atoms with Gasteiger partial charge in [0.15, 0.2) is 5.75 Å². The molecule has 1 aromatic rings. The van der Waals surface area contributed by atoms with Crippen molar-refractivity contribution in [2.24, 2.45) is 0 Å². The number of rotatable bonds is 2. The molecule has 1 heterocycles. The van der Waals surface area contributed by atoms with Crippen LogP contribution in [0.15, 0.2) is 18.2 Å². The lowest BCUT2D eigenvalue weighted by molar-refractivity contribution is -0.385. The summed E-state index contributed by atoms with van der Waals surface area (Å²) in [6.07, 6.45) is 0. The van der Waals surface area contributed by atoms with Crippen molar-refractivity contribution >= 4 is 18.3 Å². The molecule has 0 bridgehead atoms. The highest BCUT2D eigenvalue weighted by molar-refractivity contribution is 6.62. The van der Waals surface area contributed by atoms with Crippen LogP contribution >= 0.6 is 0 Å². The molecule has 0 radical (unpaired) electrons. The fourth-order valence-electron chi connectivity index (χ4n) is 1.81. The van der Waals surface area contributed by atoms with Crippen molar-refractivity contribution in [1.82, 2.24) is 0 Å². The maximum Gasteiger partial charge on any atom is 0.495 e. The van der Waals surface area contributed by atoms with Gasteiger partial charge in [-0.05, 0) is 39.2 Å². The summed E-state index contributed by atoms with van der Waals surface area (Å²) in [5.41, 5.74) is -0.857. The molecule has 1 aromatic carbocycles. The summed E-state index contributed by atoms with van der Waals surface area (Å²) in [7, 11) is -0.677. The number of aromatic hydroxyl groups is 1. The Bertz CT molecular complexity index is 513. The molecule has 0 aliphatic carbocycles. The van der Waals surface area contributed by atoms with Crippen molar-refractivity contribution in [1.29, 1.82) is 0 Å². The van der Waals surface area contributed by atoms with Crippen molar-refractivity contribution in [3.63, 3.8) is 0 Å². The van der Waals surface area contributed by atoms with Crippen LogP contribution in [0.1, 0.15) is 27.7 Å². The number of nitro groups is 1. The van der Waals surface area contributed by atoms with E-state index < -0.39 is 23.2 Å². The third kappa shape index (κ3) is 2.31. The molecule has 2 rings (SSSR count). The van der Waals surface area contributed by atoms with E-state index in [0.29, 0.717) is 5.46 Å². The Morgan fingerprint density at radius 2 is 1.74 bits per heavy atom. The van der Waals surface area contributed by atoms with E-state index in [1.165, 1.54) is 12.1 Å². The second-order valence-corrected chi connectivity index (χ2v) is 5.59. The van der Waals surface area contributed by atoms with Gasteiger partial charge in [-0.25, -0.2) is 0 Å². The minimum Gasteiger partial charge on any atom is -0.502 e. The molecule has 1 aliphatic heterocycles. The van der Waals surface area contributed by atoms with E-state index in [-0.39, 0.29) is 11.4 Å². The Labute approximate surface area is 111 Å². The Hall–Kier alpha value is -1.60. The van der Waals surface area contributed by atoms with E-state index in [2.05, 4.69) is 0 Å². The van der Waals surface area contributed by atoms with E-state index in [4.69, 9.17) is 9.31 Å². The van der Waals surface area contributed by atoms with Gasteiger partial charge in [-0.1, -0.05) is 6.07 Å². The minimum atomic E-state index is -0.677. The standard InChI is InChI=1S/C12H16BNO5/c1-11(2)12(3,4)19-13(18-11)8-5-6-10(15)9(7-8)14(16)17/h5-7,15H,1-4H3. The van der Waals surface area contributed by atoms with Crippen LogP contribution in [-0.4, -0.2) is 28.4 Å². The van der Waals surface area contributed by atoms with Gasteiger partial charge in [0.1, 0.15) is 0 Å². The van der Waals surface area contributed by atoms with Crippen LogP contribution in [0.2, 0.25) is 0 Å². The Morgan fingerprint density at radius 3 is 2.21 bits per heavy atom. The molecule has 0 spiro atoms. The maximum absolute atomic E-state index is 10.8. The van der Waals surface area contributed by atoms with Crippen molar-refractivity contribution in [3.05, 3.63) is 28.3 Å². The molecule has 0 unspecified atom stereocenters. The summed E-state index contributed by atoms with van der Waals surface area (Å²) in [5.74, 6) is -0.370. The van der Waals surface area contributed by atoms with Gasteiger partial charge >= 0.3 is 12.8 Å². The molecule has 0 saturated carbocycles. The molecule has 0 amide bonds. The largest absolute Gasteiger partial charge is 0.502 e. The molecule has 1 N–H and O–H groups in total. The van der Waals surface area contributed by atoms with Crippen LogP contribution in [0.5, 0.6) is 5.75 Å². The zero-order valence-corrected chi connectivity index (χ0v) is 11.3. The Kier molecular flexibility index (Phi) is 3.06. The number of benzene rings is 1. The summed E-state index contributed by atoms with van der Waals surface area (Å²) < 4.78 is 11.6. The number of phenolic OH excluding ortho intramolecular Hbond substituents is 1. The lowest BCUT2D eigenvalue weighted by Gasteiger charge is -2.32. The quantitative estimate of drug-likeness (QED) is 0.499. The van der Waals surface area contributed by atoms with E-state index in [9.17, 15) is 15.2 Å². The normalized spacial score (nSPS) is 20.5. The van der Waals surface area contributed by atoms with Crippen molar-refractivity contribution in [2.75, 3.05) is 0 Å². The molecule has 1 aliphatic rings. The monoisotopic (exact) mass is 265 g/mol. The summed E-state index contributed by atoms with van der Waals surface area (Å²) in [6.45, 7) is 7.62. The van der Waals surface area contributed by atoms with Gasteiger partial charge in [-0.2, -0.15) is 0 Å². The van der Waals surface area contributed by atoms with Gasteiger partial charge in [0.05, 0.1) is 16.1 Å². The first kappa shape index (κ1) is 13.8. The zero-order chi connectivity index (χ0) is 14.4. The number of hydrogen-bond acceptors (Lipinski definition) is 5. The highest BCUT2D eigenvalue weighted by Gasteiger charge is 2.51. The van der Waals surface area contributed by atoms with Gasteiger partial charge in [0, 0.05) is 6.07 Å². The molecule has 6 nitrogen and oxygen atoms in total. The van der Waals surface area contributed by atoms with Gasteiger partial charge in [-0.3, -0.25) is 10.1 Å². The Balaban J connectivity index is 2.35. The molecular weight excluding hydrogens is 249 g/mol. The van der Waals surface area contributed by atoms with Crippen LogP contribution in [0.25, 0.3) is 0 Å². The molecular formula is C12H16BNO5. The fourth-order valence-corrected chi connectivity index (χ4v) is 1.81. The summed E-state index contributed by atoms with van der Waals surface area (Å²) >= 11 is 0. The lowest BCUT2D eigenvalue weighted by Crippen LogP contribution is -2.41. The van der Waals surface area contributed by atoms with Crippen LogP contribution < -0.4 is 5.46 Å². The second kappa shape index (κ2) is 4.21. The average Bonchev–Trinajstić information content (AvgIpc) is 2.48. The highest BCUT2D eigenvalue weighted by Crippen LogP contribution is 2.37. The predicted molar refractivity (Wildman–Crippen MR) is 70.5 cm³/mol.